The quantitative estimate of drug-likeness (QED) is 0.686. The minimum atomic E-state index is -0.0948. The van der Waals surface area contributed by atoms with E-state index in [4.69, 9.17) is 5.73 Å². The molecule has 3 heteroatoms. The molecule has 2 N–H and O–H groups in total. The SMILES string of the molecule is Cl.N[C@H]1CCCc2c(F)cccc21. The van der Waals surface area contributed by atoms with E-state index in [1.807, 2.05) is 6.07 Å². The third-order valence-corrected chi connectivity index (χ3v) is 2.50. The van der Waals surface area contributed by atoms with Gasteiger partial charge in [-0.05, 0) is 36.5 Å². The van der Waals surface area contributed by atoms with Gasteiger partial charge in [0.2, 0.25) is 0 Å². The molecule has 0 saturated heterocycles. The molecule has 0 aromatic heterocycles. The van der Waals surface area contributed by atoms with Gasteiger partial charge in [-0.2, -0.15) is 0 Å². The van der Waals surface area contributed by atoms with E-state index in [1.165, 1.54) is 6.07 Å². The lowest BCUT2D eigenvalue weighted by Gasteiger charge is -2.22. The van der Waals surface area contributed by atoms with Crippen molar-refractivity contribution in [1.82, 2.24) is 0 Å². The fraction of sp³-hybridized carbons (Fsp3) is 0.400. The van der Waals surface area contributed by atoms with Gasteiger partial charge in [0, 0.05) is 6.04 Å². The Balaban J connectivity index is 0.000000845. The maximum atomic E-state index is 13.2. The van der Waals surface area contributed by atoms with Gasteiger partial charge >= 0.3 is 0 Å². The standard InChI is InChI=1S/C10H12FN.ClH/c11-9-5-1-4-8-7(9)3-2-6-10(8)12;/h1,4-5,10H,2-3,6,12H2;1H/t10-;/m0./s1. The van der Waals surface area contributed by atoms with Crippen LogP contribution in [-0.4, -0.2) is 0 Å². The molecule has 0 amide bonds. The summed E-state index contributed by atoms with van der Waals surface area (Å²) in [6, 6.07) is 5.22. The first kappa shape index (κ1) is 10.5. The van der Waals surface area contributed by atoms with Crippen LogP contribution in [0.1, 0.15) is 30.0 Å². The van der Waals surface area contributed by atoms with Crippen molar-refractivity contribution in [3.05, 3.63) is 35.1 Å². The Kier molecular flexibility index (Phi) is 3.28. The summed E-state index contributed by atoms with van der Waals surface area (Å²) in [7, 11) is 0. The van der Waals surface area contributed by atoms with Crippen LogP contribution in [0.5, 0.6) is 0 Å². The Morgan fingerprint density at radius 1 is 1.38 bits per heavy atom. The summed E-state index contributed by atoms with van der Waals surface area (Å²) in [5.41, 5.74) is 7.68. The van der Waals surface area contributed by atoms with Crippen molar-refractivity contribution in [3.63, 3.8) is 0 Å². The van der Waals surface area contributed by atoms with Crippen molar-refractivity contribution < 1.29 is 4.39 Å². The zero-order valence-corrected chi connectivity index (χ0v) is 8.11. The van der Waals surface area contributed by atoms with Gasteiger partial charge in [0.15, 0.2) is 0 Å². The van der Waals surface area contributed by atoms with Crippen molar-refractivity contribution in [1.29, 1.82) is 0 Å². The highest BCUT2D eigenvalue weighted by Gasteiger charge is 2.18. The van der Waals surface area contributed by atoms with Crippen molar-refractivity contribution in [2.45, 2.75) is 25.3 Å². The Morgan fingerprint density at radius 3 is 2.85 bits per heavy atom. The molecule has 0 saturated carbocycles. The molecule has 1 aliphatic carbocycles. The second-order valence-electron chi connectivity index (χ2n) is 3.31. The third kappa shape index (κ3) is 1.84. The number of fused-ring (bicyclic) bond motifs is 1. The van der Waals surface area contributed by atoms with Crippen LogP contribution in [-0.2, 0) is 6.42 Å². The van der Waals surface area contributed by atoms with Crippen LogP contribution in [0.15, 0.2) is 18.2 Å². The summed E-state index contributed by atoms with van der Waals surface area (Å²) in [4.78, 5) is 0. The lowest BCUT2D eigenvalue weighted by atomic mass is 9.88. The maximum absolute atomic E-state index is 13.2. The van der Waals surface area contributed by atoms with Crippen molar-refractivity contribution >= 4 is 12.4 Å². The fourth-order valence-corrected chi connectivity index (χ4v) is 1.84. The van der Waals surface area contributed by atoms with E-state index in [9.17, 15) is 4.39 Å². The predicted octanol–water partition coefficient (Wildman–Crippen LogP) is 2.58. The van der Waals surface area contributed by atoms with Crippen LogP contribution in [0, 0.1) is 5.82 Å². The number of hydrogen-bond donors (Lipinski definition) is 1. The molecule has 0 fully saturated rings. The molecular formula is C10H13ClFN. The second kappa shape index (κ2) is 4.07. The lowest BCUT2D eigenvalue weighted by Crippen LogP contribution is -2.18. The Labute approximate surface area is 83.5 Å². The summed E-state index contributed by atoms with van der Waals surface area (Å²) in [5.74, 6) is -0.0948. The number of nitrogens with two attached hydrogens (primary N) is 1. The molecule has 0 aliphatic heterocycles. The third-order valence-electron chi connectivity index (χ3n) is 2.50. The van der Waals surface area contributed by atoms with E-state index in [2.05, 4.69) is 0 Å². The molecule has 13 heavy (non-hydrogen) atoms. The first-order valence-corrected chi connectivity index (χ1v) is 4.32. The van der Waals surface area contributed by atoms with Gasteiger partial charge in [-0.3, -0.25) is 0 Å². The molecule has 0 bridgehead atoms. The van der Waals surface area contributed by atoms with Crippen LogP contribution >= 0.6 is 12.4 Å². The van der Waals surface area contributed by atoms with E-state index >= 15 is 0 Å². The maximum Gasteiger partial charge on any atom is 0.126 e. The Morgan fingerprint density at radius 2 is 2.15 bits per heavy atom. The monoisotopic (exact) mass is 201 g/mol. The van der Waals surface area contributed by atoms with Crippen LogP contribution in [0.4, 0.5) is 4.39 Å². The van der Waals surface area contributed by atoms with Crippen LogP contribution < -0.4 is 5.73 Å². The minimum Gasteiger partial charge on any atom is -0.324 e. The molecule has 1 atom stereocenters. The van der Waals surface area contributed by atoms with Gasteiger partial charge in [-0.25, -0.2) is 4.39 Å². The molecule has 1 nitrogen and oxygen atoms in total. The minimum absolute atomic E-state index is 0. The zero-order chi connectivity index (χ0) is 8.55. The smallest absolute Gasteiger partial charge is 0.126 e. The summed E-state index contributed by atoms with van der Waals surface area (Å²) >= 11 is 0. The summed E-state index contributed by atoms with van der Waals surface area (Å²) in [5, 5.41) is 0. The molecule has 1 aliphatic rings. The molecule has 0 unspecified atom stereocenters. The second-order valence-corrected chi connectivity index (χ2v) is 3.31. The zero-order valence-electron chi connectivity index (χ0n) is 7.29. The fourth-order valence-electron chi connectivity index (χ4n) is 1.84. The number of halogens is 2. The Bertz CT molecular complexity index is 301. The average Bonchev–Trinajstić information content (AvgIpc) is 2.07. The molecule has 0 spiro atoms. The summed E-state index contributed by atoms with van der Waals surface area (Å²) in [6.07, 6.45) is 2.83. The molecule has 0 heterocycles. The summed E-state index contributed by atoms with van der Waals surface area (Å²) < 4.78 is 13.2. The van der Waals surface area contributed by atoms with Gasteiger partial charge in [0.25, 0.3) is 0 Å². The molecule has 2 rings (SSSR count). The van der Waals surface area contributed by atoms with E-state index in [0.717, 1.165) is 30.4 Å². The van der Waals surface area contributed by atoms with E-state index < -0.39 is 0 Å². The van der Waals surface area contributed by atoms with Gasteiger partial charge in [-0.15, -0.1) is 12.4 Å². The van der Waals surface area contributed by atoms with E-state index in [1.54, 1.807) is 6.07 Å². The van der Waals surface area contributed by atoms with Gasteiger partial charge in [-0.1, -0.05) is 12.1 Å². The van der Waals surface area contributed by atoms with E-state index in [-0.39, 0.29) is 24.3 Å². The topological polar surface area (TPSA) is 26.0 Å². The first-order chi connectivity index (χ1) is 5.79. The van der Waals surface area contributed by atoms with Crippen molar-refractivity contribution in [3.8, 4) is 0 Å². The number of rotatable bonds is 0. The van der Waals surface area contributed by atoms with Crippen LogP contribution in [0.3, 0.4) is 0 Å². The largest absolute Gasteiger partial charge is 0.324 e. The number of benzene rings is 1. The highest BCUT2D eigenvalue weighted by molar-refractivity contribution is 5.85. The first-order valence-electron chi connectivity index (χ1n) is 4.32. The van der Waals surface area contributed by atoms with Crippen LogP contribution in [0.25, 0.3) is 0 Å². The normalized spacial score (nSPS) is 20.3. The highest BCUT2D eigenvalue weighted by Crippen LogP contribution is 2.29. The lowest BCUT2D eigenvalue weighted by molar-refractivity contribution is 0.531. The Hall–Kier alpha value is -0.600. The van der Waals surface area contributed by atoms with Gasteiger partial charge in [0.05, 0.1) is 0 Å². The summed E-state index contributed by atoms with van der Waals surface area (Å²) in [6.45, 7) is 0. The van der Waals surface area contributed by atoms with Crippen LogP contribution in [0.2, 0.25) is 0 Å². The predicted molar refractivity (Wildman–Crippen MR) is 53.5 cm³/mol. The molecule has 1 aromatic rings. The average molecular weight is 202 g/mol. The molecular weight excluding hydrogens is 189 g/mol. The van der Waals surface area contributed by atoms with Gasteiger partial charge < -0.3 is 5.73 Å². The molecule has 1 aromatic carbocycles. The molecule has 0 radical (unpaired) electrons. The van der Waals surface area contributed by atoms with E-state index in [0.29, 0.717) is 0 Å². The van der Waals surface area contributed by atoms with Crippen molar-refractivity contribution in [2.24, 2.45) is 5.73 Å². The number of hydrogen-bond acceptors (Lipinski definition) is 1. The highest BCUT2D eigenvalue weighted by atomic mass is 35.5. The molecule has 72 valence electrons. The van der Waals surface area contributed by atoms with Crippen molar-refractivity contribution in [2.75, 3.05) is 0 Å². The van der Waals surface area contributed by atoms with Gasteiger partial charge in [0.1, 0.15) is 5.82 Å².